The van der Waals surface area contributed by atoms with Crippen LogP contribution in [0.25, 0.3) is 0 Å². The van der Waals surface area contributed by atoms with Crippen molar-refractivity contribution >= 4 is 17.8 Å². The SMILES string of the molecule is CC(=O)OCCCCN(C(C)=O)C1C2CC=CC=C2N(C(=O)c2ccc(OC(F)(F)F)cc2)C2CCCC12. The predicted molar refractivity (Wildman–Crippen MR) is 133 cm³/mol. The highest BCUT2D eigenvalue weighted by atomic mass is 19.4. The minimum atomic E-state index is -4.81. The molecule has 0 spiro atoms. The van der Waals surface area contributed by atoms with Crippen molar-refractivity contribution in [3.63, 3.8) is 0 Å². The number of piperidine rings is 1. The van der Waals surface area contributed by atoms with Gasteiger partial charge >= 0.3 is 12.3 Å². The molecule has 4 rings (SSSR count). The minimum Gasteiger partial charge on any atom is -0.466 e. The number of alkyl halides is 3. The van der Waals surface area contributed by atoms with Crippen LogP contribution in [0.15, 0.2) is 48.2 Å². The van der Waals surface area contributed by atoms with Crippen molar-refractivity contribution in [3.05, 3.63) is 53.8 Å². The molecular weight excluding hydrogens is 501 g/mol. The van der Waals surface area contributed by atoms with Crippen molar-refractivity contribution in [2.45, 2.75) is 70.8 Å². The molecule has 2 amide bonds. The van der Waals surface area contributed by atoms with Crippen LogP contribution >= 0.6 is 0 Å². The Morgan fingerprint density at radius 2 is 1.82 bits per heavy atom. The minimum absolute atomic E-state index is 0.0259. The quantitative estimate of drug-likeness (QED) is 0.337. The average molecular weight is 535 g/mol. The predicted octanol–water partition coefficient (Wildman–Crippen LogP) is 5.23. The Morgan fingerprint density at radius 1 is 1.08 bits per heavy atom. The van der Waals surface area contributed by atoms with Gasteiger partial charge in [0.1, 0.15) is 5.75 Å². The molecule has 38 heavy (non-hydrogen) atoms. The first-order valence-electron chi connectivity index (χ1n) is 13.0. The topological polar surface area (TPSA) is 76.2 Å². The summed E-state index contributed by atoms with van der Waals surface area (Å²) in [7, 11) is 0. The normalized spacial score (nSPS) is 24.2. The standard InChI is InChI=1S/C28H33F3N2O5/c1-18(34)32(16-5-6-17-37-19(2)35)26-22-8-3-4-10-24(22)33(25-11-7-9-23(25)26)27(36)20-12-14-21(15-13-20)38-28(29,30)31/h3-4,10,12-15,22-23,25-26H,5-9,11,16-17H2,1-2H3. The summed E-state index contributed by atoms with van der Waals surface area (Å²) in [5.41, 5.74) is 1.12. The lowest BCUT2D eigenvalue weighted by Crippen LogP contribution is -2.60. The molecular formula is C28H33F3N2O5. The summed E-state index contributed by atoms with van der Waals surface area (Å²) in [5, 5.41) is 0. The summed E-state index contributed by atoms with van der Waals surface area (Å²) >= 11 is 0. The number of carbonyl (C=O) groups excluding carboxylic acids is 3. The number of halogens is 3. The Balaban J connectivity index is 1.57. The lowest BCUT2D eigenvalue weighted by molar-refractivity contribution is -0.274. The van der Waals surface area contributed by atoms with Gasteiger partial charge in [-0.25, -0.2) is 0 Å². The fourth-order valence-electron chi connectivity index (χ4n) is 6.16. The number of fused-ring (bicyclic) bond motifs is 2. The first-order chi connectivity index (χ1) is 18.1. The zero-order valence-electron chi connectivity index (χ0n) is 21.6. The number of benzene rings is 1. The van der Waals surface area contributed by atoms with Crippen LogP contribution in [0.3, 0.4) is 0 Å². The van der Waals surface area contributed by atoms with Crippen molar-refractivity contribution in [2.75, 3.05) is 13.2 Å². The summed E-state index contributed by atoms with van der Waals surface area (Å²) in [6.45, 7) is 3.78. The molecule has 1 aromatic carbocycles. The molecule has 1 saturated carbocycles. The highest BCUT2D eigenvalue weighted by molar-refractivity contribution is 5.96. The first-order valence-corrected chi connectivity index (χ1v) is 13.0. The third kappa shape index (κ3) is 6.22. The van der Waals surface area contributed by atoms with E-state index in [2.05, 4.69) is 4.74 Å². The maximum Gasteiger partial charge on any atom is 0.573 e. The van der Waals surface area contributed by atoms with Gasteiger partial charge in [-0.05, 0) is 62.4 Å². The molecule has 0 radical (unpaired) electrons. The summed E-state index contributed by atoms with van der Waals surface area (Å²) in [6, 6.07) is 4.84. The van der Waals surface area contributed by atoms with Crippen molar-refractivity contribution in [2.24, 2.45) is 11.8 Å². The number of nitrogens with zero attached hydrogens (tertiary/aromatic N) is 2. The number of hydrogen-bond acceptors (Lipinski definition) is 5. The molecule has 2 aliphatic carbocycles. The van der Waals surface area contributed by atoms with E-state index in [0.29, 0.717) is 32.4 Å². The number of hydrogen-bond donors (Lipinski definition) is 0. The largest absolute Gasteiger partial charge is 0.573 e. The van der Waals surface area contributed by atoms with Crippen LogP contribution in [-0.4, -0.2) is 59.2 Å². The molecule has 7 nitrogen and oxygen atoms in total. The Hall–Kier alpha value is -3.30. The van der Waals surface area contributed by atoms with E-state index < -0.39 is 6.36 Å². The second-order valence-electron chi connectivity index (χ2n) is 10.0. The number of allylic oxidation sites excluding steroid dienone is 3. The van der Waals surface area contributed by atoms with E-state index >= 15 is 0 Å². The smallest absolute Gasteiger partial charge is 0.466 e. The fourth-order valence-corrected chi connectivity index (χ4v) is 6.16. The third-order valence-electron chi connectivity index (χ3n) is 7.58. The van der Waals surface area contributed by atoms with Gasteiger partial charge in [-0.2, -0.15) is 0 Å². The van der Waals surface area contributed by atoms with Gasteiger partial charge in [0.05, 0.1) is 6.61 Å². The van der Waals surface area contributed by atoms with Crippen molar-refractivity contribution in [1.82, 2.24) is 9.80 Å². The lowest BCUT2D eigenvalue weighted by Gasteiger charge is -2.52. The van der Waals surface area contributed by atoms with Gasteiger partial charge in [-0.1, -0.05) is 18.6 Å². The van der Waals surface area contributed by atoms with Crippen molar-refractivity contribution in [3.8, 4) is 5.75 Å². The van der Waals surface area contributed by atoms with Gasteiger partial charge in [0.2, 0.25) is 5.91 Å². The zero-order valence-corrected chi connectivity index (χ0v) is 21.6. The van der Waals surface area contributed by atoms with E-state index in [4.69, 9.17) is 4.74 Å². The van der Waals surface area contributed by atoms with Crippen molar-refractivity contribution in [1.29, 1.82) is 0 Å². The molecule has 206 valence electrons. The third-order valence-corrected chi connectivity index (χ3v) is 7.58. The summed E-state index contributed by atoms with van der Waals surface area (Å²) in [6.07, 6.45) is 5.67. The number of amides is 2. The van der Waals surface area contributed by atoms with Crippen LogP contribution in [0.4, 0.5) is 13.2 Å². The summed E-state index contributed by atoms with van der Waals surface area (Å²) in [5.74, 6) is -0.991. The van der Waals surface area contributed by atoms with Gasteiger partial charge in [-0.15, -0.1) is 13.2 Å². The van der Waals surface area contributed by atoms with Gasteiger partial charge in [0.25, 0.3) is 5.91 Å². The lowest BCUT2D eigenvalue weighted by atomic mass is 9.73. The van der Waals surface area contributed by atoms with Gasteiger partial charge in [0, 0.05) is 55.6 Å². The molecule has 0 bridgehead atoms. The van der Waals surface area contributed by atoms with Crippen LogP contribution in [-0.2, 0) is 14.3 Å². The van der Waals surface area contributed by atoms with E-state index in [9.17, 15) is 27.6 Å². The summed E-state index contributed by atoms with van der Waals surface area (Å²) in [4.78, 5) is 41.5. The molecule has 1 saturated heterocycles. The number of likely N-dealkylation sites (tertiary alicyclic amines) is 1. The highest BCUT2D eigenvalue weighted by Crippen LogP contribution is 2.48. The molecule has 4 atom stereocenters. The average Bonchev–Trinajstić information content (AvgIpc) is 3.33. The van der Waals surface area contributed by atoms with Crippen LogP contribution in [0.1, 0.15) is 62.7 Å². The van der Waals surface area contributed by atoms with E-state index in [1.807, 2.05) is 28.0 Å². The molecule has 3 aliphatic rings. The van der Waals surface area contributed by atoms with Crippen LogP contribution < -0.4 is 4.74 Å². The molecule has 1 aliphatic heterocycles. The second kappa shape index (κ2) is 11.6. The number of esters is 1. The monoisotopic (exact) mass is 534 g/mol. The molecule has 0 aromatic heterocycles. The van der Waals surface area contributed by atoms with E-state index in [-0.39, 0.29) is 53.0 Å². The van der Waals surface area contributed by atoms with Crippen molar-refractivity contribution < 1.29 is 37.0 Å². The molecule has 1 aromatic rings. The van der Waals surface area contributed by atoms with Gasteiger partial charge < -0.3 is 19.3 Å². The maximum atomic E-state index is 13.8. The molecule has 4 unspecified atom stereocenters. The first kappa shape index (κ1) is 27.7. The number of carbonyl (C=O) groups is 3. The zero-order chi connectivity index (χ0) is 27.4. The Kier molecular flexibility index (Phi) is 8.47. The Bertz CT molecular complexity index is 1100. The van der Waals surface area contributed by atoms with Crippen LogP contribution in [0.5, 0.6) is 5.75 Å². The molecule has 2 fully saturated rings. The molecule has 10 heteroatoms. The Labute approximate surface area is 220 Å². The number of ether oxygens (including phenoxy) is 2. The van der Waals surface area contributed by atoms with E-state index in [1.54, 1.807) is 6.92 Å². The highest BCUT2D eigenvalue weighted by Gasteiger charge is 2.52. The Morgan fingerprint density at radius 3 is 2.47 bits per heavy atom. The fraction of sp³-hybridized carbons (Fsp3) is 0.536. The van der Waals surface area contributed by atoms with E-state index in [0.717, 1.165) is 37.1 Å². The summed E-state index contributed by atoms with van der Waals surface area (Å²) < 4.78 is 46.7. The number of unbranched alkanes of at least 4 members (excludes halogenated alkanes) is 1. The van der Waals surface area contributed by atoms with Crippen LogP contribution in [0, 0.1) is 11.8 Å². The van der Waals surface area contributed by atoms with Gasteiger partial charge in [-0.3, -0.25) is 14.4 Å². The van der Waals surface area contributed by atoms with Crippen LogP contribution in [0.2, 0.25) is 0 Å². The number of rotatable bonds is 8. The molecule has 1 heterocycles. The second-order valence-corrected chi connectivity index (χ2v) is 10.0. The maximum absolute atomic E-state index is 13.8. The molecule has 0 N–H and O–H groups in total. The van der Waals surface area contributed by atoms with E-state index in [1.165, 1.54) is 19.1 Å². The van der Waals surface area contributed by atoms with Gasteiger partial charge in [0.15, 0.2) is 0 Å².